The molecule has 2 aromatic carbocycles. The first-order chi connectivity index (χ1) is 9.43. The van der Waals surface area contributed by atoms with Crippen molar-refractivity contribution in [3.63, 3.8) is 0 Å². The molecule has 19 heavy (non-hydrogen) atoms. The van der Waals surface area contributed by atoms with E-state index in [2.05, 4.69) is 72.1 Å². The van der Waals surface area contributed by atoms with E-state index in [0.717, 1.165) is 6.42 Å². The molecule has 0 saturated heterocycles. The van der Waals surface area contributed by atoms with Gasteiger partial charge in [-0.2, -0.15) is 0 Å². The van der Waals surface area contributed by atoms with Crippen LogP contribution in [0.3, 0.4) is 0 Å². The number of hydrogen-bond acceptors (Lipinski definition) is 1. The molecule has 0 nitrogen and oxygen atoms in total. The van der Waals surface area contributed by atoms with Gasteiger partial charge in [0.15, 0.2) is 0 Å². The van der Waals surface area contributed by atoms with Crippen molar-refractivity contribution in [2.75, 3.05) is 0 Å². The fourth-order valence-electron chi connectivity index (χ4n) is 2.37. The quantitative estimate of drug-likeness (QED) is 0.626. The van der Waals surface area contributed by atoms with Gasteiger partial charge in [0.25, 0.3) is 0 Å². The van der Waals surface area contributed by atoms with E-state index < -0.39 is 0 Å². The Morgan fingerprint density at radius 3 is 1.89 bits per heavy atom. The lowest BCUT2D eigenvalue weighted by atomic mass is 9.88. The molecule has 1 aromatic heterocycles. The van der Waals surface area contributed by atoms with Crippen molar-refractivity contribution in [3.05, 3.63) is 94.2 Å². The third-order valence-electron chi connectivity index (χ3n) is 3.32. The molecule has 1 radical (unpaired) electrons. The van der Waals surface area contributed by atoms with Crippen molar-refractivity contribution in [1.82, 2.24) is 0 Å². The van der Waals surface area contributed by atoms with Crippen molar-refractivity contribution in [1.29, 1.82) is 0 Å². The highest BCUT2D eigenvalue weighted by atomic mass is 32.1. The number of benzene rings is 2. The molecular weight excluding hydrogens is 248 g/mol. The highest BCUT2D eigenvalue weighted by Crippen LogP contribution is 2.29. The minimum Gasteiger partial charge on any atom is -0.148 e. The molecule has 3 rings (SSSR count). The maximum Gasteiger partial charge on any atom is 0.0138 e. The topological polar surface area (TPSA) is 0 Å². The van der Waals surface area contributed by atoms with Gasteiger partial charge in [0.2, 0.25) is 0 Å². The Bertz CT molecular complexity index is 557. The summed E-state index contributed by atoms with van der Waals surface area (Å²) >= 11 is 1.79. The van der Waals surface area contributed by atoms with Crippen LogP contribution in [0.15, 0.2) is 72.1 Å². The zero-order valence-corrected chi connectivity index (χ0v) is 11.4. The molecule has 93 valence electrons. The first kappa shape index (κ1) is 12.2. The fraction of sp³-hybridized carbons (Fsp3) is 0.111. The van der Waals surface area contributed by atoms with E-state index in [1.807, 2.05) is 6.07 Å². The van der Waals surface area contributed by atoms with Crippen molar-refractivity contribution in [2.45, 2.75) is 12.3 Å². The summed E-state index contributed by atoms with van der Waals surface area (Å²) in [5.74, 6) is 0.414. The van der Waals surface area contributed by atoms with Gasteiger partial charge in [0, 0.05) is 10.8 Å². The van der Waals surface area contributed by atoms with Crippen LogP contribution in [0.25, 0.3) is 0 Å². The molecule has 0 N–H and O–H groups in total. The Balaban J connectivity index is 1.96. The summed E-state index contributed by atoms with van der Waals surface area (Å²) in [6, 6.07) is 26.8. The summed E-state index contributed by atoms with van der Waals surface area (Å²) in [4.78, 5) is 1.32. The molecule has 0 aliphatic rings. The molecule has 0 fully saturated rings. The molecule has 0 atom stereocenters. The van der Waals surface area contributed by atoms with E-state index >= 15 is 0 Å². The number of thiophene rings is 1. The summed E-state index contributed by atoms with van der Waals surface area (Å²) in [5.41, 5.74) is 2.74. The highest BCUT2D eigenvalue weighted by molar-refractivity contribution is 7.09. The molecule has 0 aliphatic heterocycles. The first-order valence-corrected chi connectivity index (χ1v) is 7.35. The van der Waals surface area contributed by atoms with Crippen LogP contribution in [0.4, 0.5) is 0 Å². The number of hydrogen-bond donors (Lipinski definition) is 0. The maximum absolute atomic E-state index is 3.33. The number of rotatable bonds is 4. The van der Waals surface area contributed by atoms with Gasteiger partial charge in [-0.05, 0) is 35.1 Å². The predicted octanol–water partition coefficient (Wildman–Crippen LogP) is 4.92. The molecular formula is C18H15S. The van der Waals surface area contributed by atoms with E-state index in [1.165, 1.54) is 16.0 Å². The lowest BCUT2D eigenvalue weighted by Gasteiger charge is -2.17. The van der Waals surface area contributed by atoms with E-state index in [-0.39, 0.29) is 0 Å². The first-order valence-electron chi connectivity index (χ1n) is 6.47. The summed E-state index contributed by atoms with van der Waals surface area (Å²) in [5, 5.41) is 2.10. The zero-order valence-electron chi connectivity index (χ0n) is 10.6. The molecule has 1 heteroatoms. The van der Waals surface area contributed by atoms with Gasteiger partial charge in [-0.1, -0.05) is 60.7 Å². The van der Waals surface area contributed by atoms with Gasteiger partial charge in [-0.3, -0.25) is 0 Å². The molecule has 0 aliphatic carbocycles. The molecule has 0 unspecified atom stereocenters. The molecule has 1 heterocycles. The van der Waals surface area contributed by atoms with Gasteiger partial charge < -0.3 is 0 Å². The molecule has 0 saturated carbocycles. The largest absolute Gasteiger partial charge is 0.148 e. The summed E-state index contributed by atoms with van der Waals surface area (Å²) in [7, 11) is 0. The molecule has 0 amide bonds. The third kappa shape index (κ3) is 2.94. The third-order valence-corrected chi connectivity index (χ3v) is 4.16. The Morgan fingerprint density at radius 1 is 0.842 bits per heavy atom. The fourth-order valence-corrected chi connectivity index (χ4v) is 3.07. The van der Waals surface area contributed by atoms with E-state index in [9.17, 15) is 0 Å². The van der Waals surface area contributed by atoms with E-state index in [4.69, 9.17) is 0 Å². The van der Waals surface area contributed by atoms with Crippen LogP contribution in [0.5, 0.6) is 0 Å². The minimum absolute atomic E-state index is 0.414. The van der Waals surface area contributed by atoms with Gasteiger partial charge in [0.05, 0.1) is 0 Å². The second-order valence-corrected chi connectivity index (χ2v) is 5.57. The Kier molecular flexibility index (Phi) is 3.75. The predicted molar refractivity (Wildman–Crippen MR) is 81.6 cm³/mol. The average molecular weight is 263 g/mol. The lowest BCUT2D eigenvalue weighted by Crippen LogP contribution is -2.03. The van der Waals surface area contributed by atoms with Crippen molar-refractivity contribution in [3.8, 4) is 0 Å². The Morgan fingerprint density at radius 2 is 1.42 bits per heavy atom. The Labute approximate surface area is 118 Å². The summed E-state index contributed by atoms with van der Waals surface area (Å²) < 4.78 is 0. The lowest BCUT2D eigenvalue weighted by molar-refractivity contribution is 0.815. The van der Waals surface area contributed by atoms with Gasteiger partial charge >= 0.3 is 0 Å². The highest BCUT2D eigenvalue weighted by Gasteiger charge is 2.14. The van der Waals surface area contributed by atoms with Crippen LogP contribution in [-0.2, 0) is 6.42 Å². The molecule has 3 aromatic rings. The van der Waals surface area contributed by atoms with Crippen molar-refractivity contribution >= 4 is 11.3 Å². The van der Waals surface area contributed by atoms with Crippen molar-refractivity contribution < 1.29 is 0 Å². The van der Waals surface area contributed by atoms with Crippen LogP contribution in [0, 0.1) is 6.07 Å². The molecule has 0 spiro atoms. The summed E-state index contributed by atoms with van der Waals surface area (Å²) in [6.07, 6.45) is 1.02. The van der Waals surface area contributed by atoms with Crippen LogP contribution in [-0.4, -0.2) is 0 Å². The second-order valence-electron chi connectivity index (χ2n) is 4.57. The normalized spacial score (nSPS) is 10.8. The smallest absolute Gasteiger partial charge is 0.0138 e. The van der Waals surface area contributed by atoms with Crippen molar-refractivity contribution in [2.24, 2.45) is 0 Å². The van der Waals surface area contributed by atoms with Crippen LogP contribution in [0.1, 0.15) is 21.9 Å². The maximum atomic E-state index is 3.33. The van der Waals surface area contributed by atoms with Gasteiger partial charge in [-0.25, -0.2) is 0 Å². The Hall–Kier alpha value is -1.86. The van der Waals surface area contributed by atoms with Gasteiger partial charge in [-0.15, -0.1) is 11.3 Å². The van der Waals surface area contributed by atoms with E-state index in [1.54, 1.807) is 11.3 Å². The SMILES string of the molecule is [c]1ccsc1CC(c1ccccc1)c1ccccc1. The van der Waals surface area contributed by atoms with Gasteiger partial charge in [0.1, 0.15) is 0 Å². The average Bonchev–Trinajstić information content (AvgIpc) is 3.00. The summed E-state index contributed by atoms with van der Waals surface area (Å²) in [6.45, 7) is 0. The van der Waals surface area contributed by atoms with Crippen LogP contribution in [0.2, 0.25) is 0 Å². The zero-order chi connectivity index (χ0) is 12.9. The monoisotopic (exact) mass is 263 g/mol. The molecule has 0 bridgehead atoms. The van der Waals surface area contributed by atoms with E-state index in [0.29, 0.717) is 5.92 Å². The second kappa shape index (κ2) is 5.85. The van der Waals surface area contributed by atoms with Crippen LogP contribution < -0.4 is 0 Å². The minimum atomic E-state index is 0.414. The standard InChI is InChI=1S/C18H15S/c1-3-8-15(9-4-1)18(14-17-12-7-13-19-17)16-10-5-2-6-11-16/h1-11,13,18H,14H2. The van der Waals surface area contributed by atoms with Crippen LogP contribution >= 0.6 is 11.3 Å².